The monoisotopic (exact) mass is 253 g/mol. The van der Waals surface area contributed by atoms with Crippen LogP contribution in [0.4, 0.5) is 0 Å². The van der Waals surface area contributed by atoms with Gasteiger partial charge >= 0.3 is 5.97 Å². The van der Waals surface area contributed by atoms with Gasteiger partial charge in [0.15, 0.2) is 0 Å². The Hall–Kier alpha value is -1.00. The van der Waals surface area contributed by atoms with Gasteiger partial charge in [0.25, 0.3) is 0 Å². The summed E-state index contributed by atoms with van der Waals surface area (Å²) >= 11 is 1.73. The highest BCUT2D eigenvalue weighted by Crippen LogP contribution is 2.16. The molecule has 0 aromatic heterocycles. The largest absolute Gasteiger partial charge is 0.468 e. The summed E-state index contributed by atoms with van der Waals surface area (Å²) in [7, 11) is 1.36. The maximum Gasteiger partial charge on any atom is 0.322 e. The normalized spacial score (nSPS) is 12.2. The first-order chi connectivity index (χ1) is 8.17. The lowest BCUT2D eigenvalue weighted by Gasteiger charge is -2.08. The quantitative estimate of drug-likeness (QED) is 0.624. The fraction of sp³-hybridized carbons (Fsp3) is 0.462. The highest BCUT2D eigenvalue weighted by molar-refractivity contribution is 7.98. The number of esters is 1. The van der Waals surface area contributed by atoms with E-state index < -0.39 is 6.04 Å². The molecule has 0 fully saturated rings. The van der Waals surface area contributed by atoms with Gasteiger partial charge in [0.05, 0.1) is 7.11 Å². The maximum atomic E-state index is 11.1. The van der Waals surface area contributed by atoms with Gasteiger partial charge in [0.2, 0.25) is 0 Å². The first-order valence-electron chi connectivity index (χ1n) is 5.63. The van der Waals surface area contributed by atoms with Crippen LogP contribution in [0.3, 0.4) is 0 Å². The smallest absolute Gasteiger partial charge is 0.322 e. The van der Waals surface area contributed by atoms with Gasteiger partial charge in [-0.05, 0) is 43.2 Å². The molecular weight excluding hydrogens is 234 g/mol. The van der Waals surface area contributed by atoms with Crippen LogP contribution in [0.5, 0.6) is 0 Å². The molecule has 1 atom stereocenters. The van der Waals surface area contributed by atoms with Crippen molar-refractivity contribution in [3.8, 4) is 0 Å². The number of rotatable bonds is 6. The fourth-order valence-corrected chi connectivity index (χ4v) is 2.00. The molecular formula is C13H19NO2S. The van der Waals surface area contributed by atoms with E-state index >= 15 is 0 Å². The Kier molecular flexibility index (Phi) is 6.08. The molecule has 0 aliphatic rings. The number of hydrogen-bond donors (Lipinski definition) is 1. The summed E-state index contributed by atoms with van der Waals surface area (Å²) in [5, 5.41) is 0. The molecule has 4 heteroatoms. The third-order valence-electron chi connectivity index (χ3n) is 2.64. The molecule has 0 heterocycles. The first-order valence-corrected chi connectivity index (χ1v) is 6.86. The lowest BCUT2D eigenvalue weighted by Crippen LogP contribution is -2.31. The minimum absolute atomic E-state index is 0.331. The molecule has 1 aromatic rings. The van der Waals surface area contributed by atoms with E-state index in [0.717, 1.165) is 12.8 Å². The van der Waals surface area contributed by atoms with E-state index in [0.29, 0.717) is 6.42 Å². The summed E-state index contributed by atoms with van der Waals surface area (Å²) in [6, 6.07) is 7.97. The molecule has 0 aliphatic heterocycles. The summed E-state index contributed by atoms with van der Waals surface area (Å²) in [5.74, 6) is -0.331. The number of aryl methyl sites for hydroxylation is 1. The molecule has 0 radical (unpaired) electrons. The molecule has 0 saturated heterocycles. The Morgan fingerprint density at radius 1 is 1.41 bits per heavy atom. The van der Waals surface area contributed by atoms with Crippen LogP contribution in [0, 0.1) is 0 Å². The van der Waals surface area contributed by atoms with Crippen molar-refractivity contribution >= 4 is 17.7 Å². The van der Waals surface area contributed by atoms with Crippen molar-refractivity contribution in [2.75, 3.05) is 13.4 Å². The van der Waals surface area contributed by atoms with Gasteiger partial charge in [0.1, 0.15) is 6.04 Å². The van der Waals surface area contributed by atoms with Crippen molar-refractivity contribution in [3.63, 3.8) is 0 Å². The summed E-state index contributed by atoms with van der Waals surface area (Å²) in [6.07, 6.45) is 4.57. The lowest BCUT2D eigenvalue weighted by molar-refractivity contribution is -0.142. The molecule has 1 rings (SSSR count). The molecule has 1 aromatic carbocycles. The molecule has 17 heavy (non-hydrogen) atoms. The van der Waals surface area contributed by atoms with Gasteiger partial charge in [0, 0.05) is 4.90 Å². The topological polar surface area (TPSA) is 52.3 Å². The van der Waals surface area contributed by atoms with Crippen molar-refractivity contribution in [1.29, 1.82) is 0 Å². The van der Waals surface area contributed by atoms with Crippen LogP contribution in [-0.2, 0) is 16.0 Å². The Morgan fingerprint density at radius 2 is 2.06 bits per heavy atom. The molecule has 2 N–H and O–H groups in total. The maximum absolute atomic E-state index is 11.1. The predicted octanol–water partition coefficient (Wildman–Crippen LogP) is 2.23. The van der Waals surface area contributed by atoms with E-state index in [9.17, 15) is 4.79 Å². The van der Waals surface area contributed by atoms with Crippen LogP contribution in [-0.4, -0.2) is 25.4 Å². The number of carbonyl (C=O) groups is 1. The third kappa shape index (κ3) is 4.79. The van der Waals surface area contributed by atoms with E-state index in [2.05, 4.69) is 35.3 Å². The standard InChI is InChI=1S/C13H19NO2S/c1-16-13(15)12(14)5-3-4-10-6-8-11(17-2)9-7-10/h6-9,12H,3-5,14H2,1-2H3. The zero-order valence-corrected chi connectivity index (χ0v) is 11.1. The van der Waals surface area contributed by atoms with Crippen molar-refractivity contribution in [3.05, 3.63) is 29.8 Å². The number of benzene rings is 1. The van der Waals surface area contributed by atoms with Crippen LogP contribution >= 0.6 is 11.8 Å². The predicted molar refractivity (Wildman–Crippen MR) is 71.2 cm³/mol. The zero-order valence-electron chi connectivity index (χ0n) is 10.3. The Labute approximate surface area is 107 Å². The second kappa shape index (κ2) is 7.35. The zero-order chi connectivity index (χ0) is 12.7. The van der Waals surface area contributed by atoms with E-state index in [1.165, 1.54) is 17.6 Å². The molecule has 0 saturated carbocycles. The van der Waals surface area contributed by atoms with Crippen LogP contribution in [0.25, 0.3) is 0 Å². The van der Waals surface area contributed by atoms with Gasteiger partial charge in [-0.25, -0.2) is 0 Å². The lowest BCUT2D eigenvalue weighted by atomic mass is 10.1. The Morgan fingerprint density at radius 3 is 2.59 bits per heavy atom. The summed E-state index contributed by atoms with van der Waals surface area (Å²) < 4.78 is 4.58. The minimum atomic E-state index is -0.495. The molecule has 0 amide bonds. The van der Waals surface area contributed by atoms with E-state index in [1.54, 1.807) is 11.8 Å². The highest BCUT2D eigenvalue weighted by atomic mass is 32.2. The Bertz CT molecular complexity index is 351. The van der Waals surface area contributed by atoms with Crippen molar-refractivity contribution in [2.24, 2.45) is 5.73 Å². The molecule has 0 aliphatic carbocycles. The number of carbonyl (C=O) groups excluding carboxylic acids is 1. The van der Waals surface area contributed by atoms with Crippen molar-refractivity contribution in [1.82, 2.24) is 0 Å². The van der Waals surface area contributed by atoms with Gasteiger partial charge in [-0.1, -0.05) is 12.1 Å². The van der Waals surface area contributed by atoms with Crippen LogP contribution in [0.15, 0.2) is 29.2 Å². The average molecular weight is 253 g/mol. The highest BCUT2D eigenvalue weighted by Gasteiger charge is 2.12. The van der Waals surface area contributed by atoms with Crippen molar-refractivity contribution in [2.45, 2.75) is 30.2 Å². The minimum Gasteiger partial charge on any atom is -0.468 e. The van der Waals surface area contributed by atoms with Gasteiger partial charge in [-0.2, -0.15) is 0 Å². The number of methoxy groups -OCH3 is 1. The third-order valence-corrected chi connectivity index (χ3v) is 3.39. The number of ether oxygens (including phenoxy) is 1. The number of thioether (sulfide) groups is 1. The molecule has 0 bridgehead atoms. The second-order valence-corrected chi connectivity index (χ2v) is 4.75. The molecule has 94 valence electrons. The number of nitrogens with two attached hydrogens (primary N) is 1. The van der Waals surface area contributed by atoms with Crippen LogP contribution in [0.1, 0.15) is 18.4 Å². The van der Waals surface area contributed by atoms with E-state index in [-0.39, 0.29) is 5.97 Å². The molecule has 1 unspecified atom stereocenters. The Balaban J connectivity index is 2.33. The van der Waals surface area contributed by atoms with Gasteiger partial charge in [-0.15, -0.1) is 11.8 Å². The van der Waals surface area contributed by atoms with E-state index in [4.69, 9.17) is 5.73 Å². The first kappa shape index (κ1) is 14.1. The van der Waals surface area contributed by atoms with E-state index in [1.807, 2.05) is 0 Å². The van der Waals surface area contributed by atoms with Gasteiger partial charge in [-0.3, -0.25) is 4.79 Å². The van der Waals surface area contributed by atoms with Crippen LogP contribution < -0.4 is 5.73 Å². The fourth-order valence-electron chi connectivity index (χ4n) is 1.59. The molecule has 3 nitrogen and oxygen atoms in total. The molecule has 0 spiro atoms. The summed E-state index contributed by atoms with van der Waals surface area (Å²) in [6.45, 7) is 0. The summed E-state index contributed by atoms with van der Waals surface area (Å²) in [4.78, 5) is 12.4. The van der Waals surface area contributed by atoms with Crippen molar-refractivity contribution < 1.29 is 9.53 Å². The number of hydrogen-bond acceptors (Lipinski definition) is 4. The van der Waals surface area contributed by atoms with Gasteiger partial charge < -0.3 is 10.5 Å². The SMILES string of the molecule is COC(=O)C(N)CCCc1ccc(SC)cc1. The van der Waals surface area contributed by atoms with Crippen LogP contribution in [0.2, 0.25) is 0 Å². The second-order valence-electron chi connectivity index (χ2n) is 3.87. The average Bonchev–Trinajstić information content (AvgIpc) is 2.38. The summed E-state index contributed by atoms with van der Waals surface area (Å²) in [5.41, 5.74) is 6.94.